The van der Waals surface area contributed by atoms with Crippen molar-refractivity contribution in [3.05, 3.63) is 0 Å². The van der Waals surface area contributed by atoms with Crippen LogP contribution in [0.3, 0.4) is 0 Å². The highest BCUT2D eigenvalue weighted by atomic mass is 32.2. The molecule has 58 valence electrons. The smallest absolute Gasteiger partial charge is 0.0189 e. The fraction of sp³-hybridized carbons (Fsp3) is 1.00. The van der Waals surface area contributed by atoms with Crippen molar-refractivity contribution in [2.24, 2.45) is 5.73 Å². The highest BCUT2D eigenvalue weighted by Gasteiger charge is 2.37. The Morgan fingerprint density at radius 1 is 1.40 bits per heavy atom. The van der Waals surface area contributed by atoms with Crippen LogP contribution in [-0.4, -0.2) is 41.6 Å². The molecule has 0 aromatic heterocycles. The molecule has 0 amide bonds. The topological polar surface area (TPSA) is 29.3 Å². The highest BCUT2D eigenvalue weighted by molar-refractivity contribution is 8.02. The molecule has 2 N–H and O–H groups in total. The fourth-order valence-corrected chi connectivity index (χ4v) is 3.27. The maximum absolute atomic E-state index is 5.47. The summed E-state index contributed by atoms with van der Waals surface area (Å²) in [6.45, 7) is 4.51. The van der Waals surface area contributed by atoms with Gasteiger partial charge in [0.2, 0.25) is 0 Å². The Morgan fingerprint density at radius 3 is 2.50 bits per heavy atom. The van der Waals surface area contributed by atoms with Crippen molar-refractivity contribution >= 4 is 11.8 Å². The minimum absolute atomic E-state index is 0.824. The van der Waals surface area contributed by atoms with Crippen LogP contribution in [0.4, 0.5) is 0 Å². The average molecular weight is 158 g/mol. The van der Waals surface area contributed by atoms with Crippen molar-refractivity contribution < 1.29 is 0 Å². The summed E-state index contributed by atoms with van der Waals surface area (Å²) >= 11 is 2.16. The van der Waals surface area contributed by atoms with Gasteiger partial charge in [0.05, 0.1) is 0 Å². The number of hydrogen-bond donors (Lipinski definition) is 1. The first-order valence-electron chi connectivity index (χ1n) is 3.96. The molecular formula is C7H14N2S. The first-order chi connectivity index (χ1) is 4.88. The third kappa shape index (κ3) is 1.18. The van der Waals surface area contributed by atoms with Crippen molar-refractivity contribution in [2.45, 2.75) is 16.9 Å². The molecule has 3 fully saturated rings. The van der Waals surface area contributed by atoms with Gasteiger partial charge in [0, 0.05) is 36.7 Å². The van der Waals surface area contributed by atoms with Gasteiger partial charge in [-0.15, -0.1) is 0 Å². The van der Waals surface area contributed by atoms with E-state index in [2.05, 4.69) is 16.7 Å². The van der Waals surface area contributed by atoms with Crippen molar-refractivity contribution in [3.63, 3.8) is 0 Å². The van der Waals surface area contributed by atoms with Crippen LogP contribution in [0.5, 0.6) is 0 Å². The van der Waals surface area contributed by atoms with E-state index in [0.717, 1.165) is 23.6 Å². The number of nitrogens with two attached hydrogens (primary N) is 1. The summed E-state index contributed by atoms with van der Waals surface area (Å²) in [6.07, 6.45) is 1.46. The molecule has 2 atom stereocenters. The van der Waals surface area contributed by atoms with Crippen LogP contribution in [0.1, 0.15) is 6.42 Å². The summed E-state index contributed by atoms with van der Waals surface area (Å²) < 4.78 is 0. The number of nitrogens with zero attached hydrogens (tertiary/aromatic N) is 1. The third-order valence-electron chi connectivity index (χ3n) is 2.28. The van der Waals surface area contributed by atoms with Crippen LogP contribution in [0, 0.1) is 0 Å². The SMILES string of the molecule is NCCN1CC2CC(C1)S2. The van der Waals surface area contributed by atoms with Crippen LogP contribution < -0.4 is 5.73 Å². The van der Waals surface area contributed by atoms with Crippen molar-refractivity contribution in [2.75, 3.05) is 26.2 Å². The van der Waals surface area contributed by atoms with E-state index in [1.165, 1.54) is 19.5 Å². The lowest BCUT2D eigenvalue weighted by atomic mass is 10.1. The molecule has 3 aliphatic heterocycles. The van der Waals surface area contributed by atoms with Gasteiger partial charge in [-0.1, -0.05) is 0 Å². The van der Waals surface area contributed by atoms with E-state index in [1.54, 1.807) is 0 Å². The van der Waals surface area contributed by atoms with E-state index in [0.29, 0.717) is 0 Å². The quantitative estimate of drug-likeness (QED) is 0.619. The molecule has 3 aliphatic rings. The minimum Gasteiger partial charge on any atom is -0.329 e. The van der Waals surface area contributed by atoms with Crippen molar-refractivity contribution in [1.29, 1.82) is 0 Å². The van der Waals surface area contributed by atoms with Gasteiger partial charge < -0.3 is 5.73 Å². The lowest BCUT2D eigenvalue weighted by Gasteiger charge is -2.46. The molecule has 2 unspecified atom stereocenters. The number of fused-ring (bicyclic) bond motifs is 2. The Hall–Kier alpha value is 0.270. The predicted octanol–water partition coefficient (Wildman–Crippen LogP) is 0.135. The van der Waals surface area contributed by atoms with Crippen LogP contribution in [0.2, 0.25) is 0 Å². The second-order valence-electron chi connectivity index (χ2n) is 3.16. The number of hydrogen-bond acceptors (Lipinski definition) is 3. The molecule has 0 spiro atoms. The summed E-state index contributed by atoms with van der Waals surface area (Å²) in [5.74, 6) is 0. The van der Waals surface area contributed by atoms with Gasteiger partial charge >= 0.3 is 0 Å². The molecule has 0 aromatic carbocycles. The molecule has 3 rings (SSSR count). The molecule has 3 heteroatoms. The van der Waals surface area contributed by atoms with Crippen molar-refractivity contribution in [1.82, 2.24) is 4.90 Å². The van der Waals surface area contributed by atoms with Crippen LogP contribution >= 0.6 is 11.8 Å². The lowest BCUT2D eigenvalue weighted by molar-refractivity contribution is 0.229. The van der Waals surface area contributed by atoms with Gasteiger partial charge in [-0.3, -0.25) is 4.90 Å². The summed E-state index contributed by atoms with van der Waals surface area (Å²) in [7, 11) is 0. The van der Waals surface area contributed by atoms with Gasteiger partial charge in [0.15, 0.2) is 0 Å². The zero-order valence-corrected chi connectivity index (χ0v) is 6.94. The van der Waals surface area contributed by atoms with E-state index >= 15 is 0 Å². The van der Waals surface area contributed by atoms with E-state index in [-0.39, 0.29) is 0 Å². The molecular weight excluding hydrogens is 144 g/mol. The molecule has 0 aromatic rings. The lowest BCUT2D eigenvalue weighted by Crippen LogP contribution is -2.52. The third-order valence-corrected chi connectivity index (χ3v) is 3.73. The number of thioether (sulfide) groups is 1. The average Bonchev–Trinajstić information content (AvgIpc) is 1.87. The summed E-state index contributed by atoms with van der Waals surface area (Å²) in [5, 5.41) is 1.90. The summed E-state index contributed by atoms with van der Waals surface area (Å²) in [6, 6.07) is 0. The molecule has 3 saturated heterocycles. The standard InChI is InChI=1S/C7H14N2S/c8-1-2-9-4-6-3-7(5-9)10-6/h6-7H,1-5,8H2. The monoisotopic (exact) mass is 158 g/mol. The van der Waals surface area contributed by atoms with Crippen LogP contribution in [0.25, 0.3) is 0 Å². The van der Waals surface area contributed by atoms with E-state index < -0.39 is 0 Å². The van der Waals surface area contributed by atoms with Gasteiger partial charge in [-0.05, 0) is 6.42 Å². The van der Waals surface area contributed by atoms with Crippen molar-refractivity contribution in [3.8, 4) is 0 Å². The second-order valence-corrected chi connectivity index (χ2v) is 4.77. The Morgan fingerprint density at radius 2 is 2.00 bits per heavy atom. The molecule has 0 saturated carbocycles. The van der Waals surface area contributed by atoms with E-state index in [9.17, 15) is 0 Å². The molecule has 2 bridgehead atoms. The van der Waals surface area contributed by atoms with Gasteiger partial charge in [0.1, 0.15) is 0 Å². The number of piperidine rings is 1. The Labute approximate surface area is 66.1 Å². The zero-order valence-electron chi connectivity index (χ0n) is 6.12. The first kappa shape index (κ1) is 6.95. The fourth-order valence-electron chi connectivity index (χ4n) is 1.81. The van der Waals surface area contributed by atoms with Crippen LogP contribution in [-0.2, 0) is 0 Å². The predicted molar refractivity (Wildman–Crippen MR) is 45.3 cm³/mol. The van der Waals surface area contributed by atoms with Gasteiger partial charge in [0.25, 0.3) is 0 Å². The molecule has 3 heterocycles. The summed E-state index contributed by atoms with van der Waals surface area (Å²) in [4.78, 5) is 2.50. The normalized spacial score (nSPS) is 39.3. The Bertz CT molecular complexity index is 113. The van der Waals surface area contributed by atoms with E-state index in [4.69, 9.17) is 5.73 Å². The van der Waals surface area contributed by atoms with Crippen LogP contribution in [0.15, 0.2) is 0 Å². The van der Waals surface area contributed by atoms with E-state index in [1.807, 2.05) is 0 Å². The zero-order chi connectivity index (χ0) is 6.97. The maximum atomic E-state index is 5.47. The number of rotatable bonds is 2. The molecule has 0 radical (unpaired) electrons. The second kappa shape index (κ2) is 2.72. The minimum atomic E-state index is 0.824. The maximum Gasteiger partial charge on any atom is 0.0189 e. The van der Waals surface area contributed by atoms with Gasteiger partial charge in [-0.2, -0.15) is 11.8 Å². The highest BCUT2D eigenvalue weighted by Crippen LogP contribution is 2.41. The Kier molecular flexibility index (Phi) is 1.89. The summed E-state index contributed by atoms with van der Waals surface area (Å²) in [5.41, 5.74) is 5.47. The Balaban J connectivity index is 1.80. The van der Waals surface area contributed by atoms with Gasteiger partial charge in [-0.25, -0.2) is 0 Å². The molecule has 2 nitrogen and oxygen atoms in total. The first-order valence-corrected chi connectivity index (χ1v) is 4.90. The molecule has 10 heavy (non-hydrogen) atoms. The molecule has 0 aliphatic carbocycles. The largest absolute Gasteiger partial charge is 0.329 e.